The van der Waals surface area contributed by atoms with Crippen molar-refractivity contribution in [2.75, 3.05) is 20.7 Å². The molecule has 4 aromatic rings. The van der Waals surface area contributed by atoms with E-state index in [2.05, 4.69) is 49.8 Å². The Morgan fingerprint density at radius 3 is 2.90 bits per heavy atom. The Kier molecular flexibility index (Phi) is 7.76. The number of carbonyl (C=O) groups excluding carboxylic acids is 2. The third-order valence-electron chi connectivity index (χ3n) is 7.38. The van der Waals surface area contributed by atoms with E-state index >= 15 is 0 Å². The minimum absolute atomic E-state index is 0.163. The van der Waals surface area contributed by atoms with Gasteiger partial charge in [-0.3, -0.25) is 24.8 Å². The number of hydrogen-bond donors (Lipinski definition) is 5. The highest BCUT2D eigenvalue weighted by Crippen LogP contribution is 2.38. The van der Waals surface area contributed by atoms with Crippen molar-refractivity contribution in [3.8, 4) is 5.75 Å². The first kappa shape index (κ1) is 26.2. The molecule has 1 aliphatic rings. The van der Waals surface area contributed by atoms with E-state index in [9.17, 15) is 9.59 Å². The average molecular weight is 529 g/mol. The van der Waals surface area contributed by atoms with Crippen molar-refractivity contribution in [1.29, 1.82) is 0 Å². The van der Waals surface area contributed by atoms with Crippen LogP contribution in [-0.4, -0.2) is 57.8 Å². The first-order valence-electron chi connectivity index (χ1n) is 12.9. The molecular weight excluding hydrogens is 496 g/mol. The van der Waals surface area contributed by atoms with E-state index in [0.717, 1.165) is 48.2 Å². The van der Waals surface area contributed by atoms with E-state index in [1.165, 1.54) is 28.2 Å². The highest BCUT2D eigenvalue weighted by Gasteiger charge is 2.29. The Morgan fingerprint density at radius 1 is 1.23 bits per heavy atom. The van der Waals surface area contributed by atoms with Crippen LogP contribution in [0, 0.1) is 0 Å². The summed E-state index contributed by atoms with van der Waals surface area (Å²) in [4.78, 5) is 29.6. The van der Waals surface area contributed by atoms with Crippen molar-refractivity contribution >= 4 is 28.8 Å². The van der Waals surface area contributed by atoms with E-state index in [1.807, 2.05) is 18.2 Å². The van der Waals surface area contributed by atoms with Crippen LogP contribution in [0.25, 0.3) is 17.0 Å². The number of aryl methyl sites for hydroxylation is 1. The van der Waals surface area contributed by atoms with Crippen LogP contribution >= 0.6 is 0 Å². The molecule has 10 nitrogen and oxygen atoms in total. The molecule has 202 valence electrons. The summed E-state index contributed by atoms with van der Waals surface area (Å²) in [7, 11) is 3.27. The number of rotatable bonds is 10. The molecule has 0 saturated heterocycles. The molecule has 2 aromatic carbocycles. The van der Waals surface area contributed by atoms with Gasteiger partial charge in [-0.1, -0.05) is 18.2 Å². The zero-order valence-corrected chi connectivity index (χ0v) is 22.0. The monoisotopic (exact) mass is 528 g/mol. The van der Waals surface area contributed by atoms with Gasteiger partial charge < -0.3 is 15.0 Å². The average Bonchev–Trinajstić information content (AvgIpc) is 3.71. The fourth-order valence-electron chi connectivity index (χ4n) is 5.39. The number of aromatic nitrogens is 3. The normalized spacial score (nSPS) is 14.7. The molecule has 0 spiro atoms. The van der Waals surface area contributed by atoms with Gasteiger partial charge in [0.05, 0.1) is 13.3 Å². The number of hydrogen-bond acceptors (Lipinski definition) is 6. The number of benzene rings is 2. The molecule has 0 fully saturated rings. The fourth-order valence-corrected chi connectivity index (χ4v) is 5.39. The lowest BCUT2D eigenvalue weighted by Crippen LogP contribution is -2.30. The van der Waals surface area contributed by atoms with Crippen molar-refractivity contribution in [3.63, 3.8) is 0 Å². The van der Waals surface area contributed by atoms with Gasteiger partial charge in [-0.05, 0) is 59.7 Å². The number of aromatic amines is 2. The second kappa shape index (κ2) is 11.5. The SMILES string of the molecule is CNC(=O)c1[nH]ncc1CN(CCc1c[nH]c2cc(OC)ccc12)C1CCc2cc(C=CC(=O)NO)ccc21. The standard InChI is InChI=1S/C29H32N6O4/c1-30-29(37)28-21(16-32-33-28)17-35(12-11-20-15-31-25-14-22(39-2)6-8-23(20)25)26-9-5-19-13-18(3-7-24(19)26)4-10-27(36)34-38/h3-4,6-8,10,13-16,26,31,38H,5,9,11-12,17H2,1-2H3,(H,30,37)(H,32,33)(H,34,36). The Labute approximate surface area is 226 Å². The molecular formula is C29H32N6O4. The predicted molar refractivity (Wildman–Crippen MR) is 147 cm³/mol. The maximum Gasteiger partial charge on any atom is 0.269 e. The molecule has 0 radical (unpaired) electrons. The van der Waals surface area contributed by atoms with Gasteiger partial charge in [-0.15, -0.1) is 0 Å². The lowest BCUT2D eigenvalue weighted by molar-refractivity contribution is -0.124. The summed E-state index contributed by atoms with van der Waals surface area (Å²) >= 11 is 0. The van der Waals surface area contributed by atoms with Gasteiger partial charge in [-0.25, -0.2) is 5.48 Å². The number of nitrogens with one attached hydrogen (secondary N) is 4. The van der Waals surface area contributed by atoms with Crippen LogP contribution in [-0.2, 0) is 24.2 Å². The molecule has 2 aromatic heterocycles. The number of nitrogens with zero attached hydrogens (tertiary/aromatic N) is 2. The topological polar surface area (TPSA) is 135 Å². The van der Waals surface area contributed by atoms with Gasteiger partial charge in [0.2, 0.25) is 0 Å². The van der Waals surface area contributed by atoms with E-state index in [4.69, 9.17) is 9.94 Å². The fraction of sp³-hybridized carbons (Fsp3) is 0.276. The smallest absolute Gasteiger partial charge is 0.269 e. The van der Waals surface area contributed by atoms with E-state index in [-0.39, 0.29) is 11.9 Å². The van der Waals surface area contributed by atoms with Crippen molar-refractivity contribution in [2.45, 2.75) is 31.8 Å². The maximum absolute atomic E-state index is 12.4. The molecule has 1 aliphatic carbocycles. The van der Waals surface area contributed by atoms with Crippen LogP contribution in [0.2, 0.25) is 0 Å². The van der Waals surface area contributed by atoms with E-state index in [0.29, 0.717) is 12.2 Å². The van der Waals surface area contributed by atoms with Gasteiger partial charge in [0, 0.05) is 61.0 Å². The molecule has 5 N–H and O–H groups in total. The quantitative estimate of drug-likeness (QED) is 0.121. The molecule has 0 aliphatic heterocycles. The largest absolute Gasteiger partial charge is 0.497 e. The summed E-state index contributed by atoms with van der Waals surface area (Å²) in [5, 5.41) is 19.6. The highest BCUT2D eigenvalue weighted by atomic mass is 16.5. The summed E-state index contributed by atoms with van der Waals surface area (Å²) in [6.07, 6.45) is 9.44. The van der Waals surface area contributed by atoms with E-state index < -0.39 is 5.91 Å². The highest BCUT2D eigenvalue weighted by molar-refractivity contribution is 5.93. The number of hydroxylamine groups is 1. The minimum Gasteiger partial charge on any atom is -0.497 e. The van der Waals surface area contributed by atoms with Gasteiger partial charge in [-0.2, -0.15) is 5.10 Å². The van der Waals surface area contributed by atoms with Gasteiger partial charge in [0.25, 0.3) is 11.8 Å². The van der Waals surface area contributed by atoms with Crippen molar-refractivity contribution < 1.29 is 19.5 Å². The Bertz CT molecular complexity index is 1520. The molecule has 2 amide bonds. The minimum atomic E-state index is -0.567. The second-order valence-corrected chi connectivity index (χ2v) is 9.62. The zero-order valence-electron chi connectivity index (χ0n) is 22.0. The summed E-state index contributed by atoms with van der Waals surface area (Å²) in [5.41, 5.74) is 8.56. The summed E-state index contributed by atoms with van der Waals surface area (Å²) in [5.74, 6) is 0.0541. The Hall–Kier alpha value is -4.41. The summed E-state index contributed by atoms with van der Waals surface area (Å²) in [6, 6.07) is 12.4. The number of ether oxygens (including phenoxy) is 1. The number of carbonyl (C=O) groups is 2. The predicted octanol–water partition coefficient (Wildman–Crippen LogP) is 3.51. The van der Waals surface area contributed by atoms with Crippen molar-refractivity contribution in [2.24, 2.45) is 0 Å². The molecule has 39 heavy (non-hydrogen) atoms. The first-order chi connectivity index (χ1) is 19.0. The van der Waals surface area contributed by atoms with Crippen LogP contribution in [0.4, 0.5) is 0 Å². The Morgan fingerprint density at radius 2 is 2.10 bits per heavy atom. The van der Waals surface area contributed by atoms with Crippen molar-refractivity contribution in [1.82, 2.24) is 30.9 Å². The molecule has 5 rings (SSSR count). The number of amides is 2. The van der Waals surface area contributed by atoms with Crippen LogP contribution in [0.5, 0.6) is 5.75 Å². The number of H-pyrrole nitrogens is 2. The molecule has 0 saturated carbocycles. The summed E-state index contributed by atoms with van der Waals surface area (Å²) in [6.45, 7) is 1.34. The third-order valence-corrected chi connectivity index (χ3v) is 7.38. The third kappa shape index (κ3) is 5.57. The second-order valence-electron chi connectivity index (χ2n) is 9.62. The van der Waals surface area contributed by atoms with Crippen LogP contribution in [0.15, 0.2) is 54.9 Å². The Balaban J connectivity index is 1.42. The lowest BCUT2D eigenvalue weighted by Gasteiger charge is -2.30. The number of methoxy groups -OCH3 is 1. The van der Waals surface area contributed by atoms with Gasteiger partial charge in [0.15, 0.2) is 0 Å². The van der Waals surface area contributed by atoms with E-state index in [1.54, 1.807) is 31.9 Å². The van der Waals surface area contributed by atoms with Crippen LogP contribution in [0.3, 0.4) is 0 Å². The molecule has 0 bridgehead atoms. The molecule has 10 heteroatoms. The zero-order chi connectivity index (χ0) is 27.4. The van der Waals surface area contributed by atoms with Crippen molar-refractivity contribution in [3.05, 3.63) is 88.4 Å². The molecule has 1 atom stereocenters. The lowest BCUT2D eigenvalue weighted by atomic mass is 10.0. The maximum atomic E-state index is 12.4. The van der Waals surface area contributed by atoms with Gasteiger partial charge >= 0.3 is 0 Å². The molecule has 2 heterocycles. The van der Waals surface area contributed by atoms with Crippen LogP contribution < -0.4 is 15.5 Å². The summed E-state index contributed by atoms with van der Waals surface area (Å²) < 4.78 is 5.37. The first-order valence-corrected chi connectivity index (χ1v) is 12.9. The van der Waals surface area contributed by atoms with Crippen LogP contribution in [0.1, 0.15) is 50.8 Å². The number of fused-ring (bicyclic) bond motifs is 2. The molecule has 1 unspecified atom stereocenters. The van der Waals surface area contributed by atoms with Gasteiger partial charge in [0.1, 0.15) is 11.4 Å².